The maximum Gasteiger partial charge on any atom is 0.125 e. The fourth-order valence-corrected chi connectivity index (χ4v) is 2.63. The zero-order valence-electron chi connectivity index (χ0n) is 11.3. The normalized spacial score (nSPS) is 17.8. The lowest BCUT2D eigenvalue weighted by Crippen LogP contribution is -2.58. The van der Waals surface area contributed by atoms with Crippen LogP contribution in [0.3, 0.4) is 0 Å². The van der Waals surface area contributed by atoms with E-state index in [1.54, 1.807) is 0 Å². The molecule has 0 bridgehead atoms. The first-order valence-corrected chi connectivity index (χ1v) is 6.91. The van der Waals surface area contributed by atoms with E-state index in [-0.39, 0.29) is 0 Å². The summed E-state index contributed by atoms with van der Waals surface area (Å²) in [5.41, 5.74) is 1.21. The van der Waals surface area contributed by atoms with Crippen LogP contribution in [-0.2, 0) is 12.1 Å². The van der Waals surface area contributed by atoms with Gasteiger partial charge >= 0.3 is 0 Å². The molecule has 1 aliphatic rings. The zero-order valence-corrected chi connectivity index (χ0v) is 12.0. The van der Waals surface area contributed by atoms with Crippen molar-refractivity contribution in [3.05, 3.63) is 58.6 Å². The Bertz CT molecular complexity index is 592. The third kappa shape index (κ3) is 2.68. The first kappa shape index (κ1) is 13.5. The molecule has 1 saturated heterocycles. The van der Waals surface area contributed by atoms with E-state index < -0.39 is 5.60 Å². The molecule has 1 N–H and O–H groups in total. The monoisotopic (exact) mass is 289 g/mol. The number of nitrogens with zero attached hydrogens (tertiary/aromatic N) is 3. The summed E-state index contributed by atoms with van der Waals surface area (Å²) in [6.07, 6.45) is 3.67. The van der Waals surface area contributed by atoms with Gasteiger partial charge in [-0.25, -0.2) is 9.97 Å². The molecule has 1 aromatic heterocycles. The highest BCUT2D eigenvalue weighted by atomic mass is 35.5. The van der Waals surface area contributed by atoms with Gasteiger partial charge in [0, 0.05) is 42.6 Å². The second kappa shape index (κ2) is 5.13. The second-order valence-electron chi connectivity index (χ2n) is 5.32. The number of rotatable bonds is 3. The van der Waals surface area contributed by atoms with Gasteiger partial charge in [0.15, 0.2) is 0 Å². The molecule has 4 nitrogen and oxygen atoms in total. The van der Waals surface area contributed by atoms with Crippen LogP contribution in [0.4, 0.5) is 0 Å². The molecule has 0 saturated carbocycles. The number of halogens is 1. The molecule has 0 amide bonds. The van der Waals surface area contributed by atoms with Gasteiger partial charge in [0.25, 0.3) is 0 Å². The van der Waals surface area contributed by atoms with Crippen LogP contribution < -0.4 is 0 Å². The van der Waals surface area contributed by atoms with E-state index in [1.165, 1.54) is 0 Å². The van der Waals surface area contributed by atoms with Gasteiger partial charge < -0.3 is 5.11 Å². The molecule has 0 radical (unpaired) electrons. The Labute approximate surface area is 123 Å². The fraction of sp³-hybridized carbons (Fsp3) is 0.333. The van der Waals surface area contributed by atoms with Crippen LogP contribution in [0.2, 0.25) is 5.02 Å². The molecule has 3 rings (SSSR count). The maximum atomic E-state index is 10.5. The fourth-order valence-electron chi connectivity index (χ4n) is 2.51. The Balaban J connectivity index is 1.62. The van der Waals surface area contributed by atoms with Crippen molar-refractivity contribution in [2.75, 3.05) is 13.1 Å². The summed E-state index contributed by atoms with van der Waals surface area (Å²) >= 11 is 5.87. The topological polar surface area (TPSA) is 49.2 Å². The van der Waals surface area contributed by atoms with Gasteiger partial charge in [-0.15, -0.1) is 0 Å². The number of hydrogen-bond acceptors (Lipinski definition) is 4. The molecule has 5 heteroatoms. The number of β-amino-alcohol motifs (C(OH)–C–C–N with tert-alkyl or cyclic N) is 1. The van der Waals surface area contributed by atoms with Crippen LogP contribution in [0.15, 0.2) is 36.7 Å². The van der Waals surface area contributed by atoms with E-state index in [9.17, 15) is 5.11 Å². The molecule has 0 unspecified atom stereocenters. The molecule has 1 aliphatic heterocycles. The largest absolute Gasteiger partial charge is 0.382 e. The molecular formula is C15H16ClN3O. The lowest BCUT2D eigenvalue weighted by atomic mass is 9.86. The first-order chi connectivity index (χ1) is 9.55. The highest BCUT2D eigenvalue weighted by molar-refractivity contribution is 6.30. The summed E-state index contributed by atoms with van der Waals surface area (Å²) in [6, 6.07) is 7.39. The summed E-state index contributed by atoms with van der Waals surface area (Å²) in [6.45, 7) is 3.86. The molecule has 104 valence electrons. The van der Waals surface area contributed by atoms with Crippen molar-refractivity contribution in [3.8, 4) is 0 Å². The summed E-state index contributed by atoms with van der Waals surface area (Å²) in [7, 11) is 0. The number of aliphatic hydroxyl groups is 1. The molecule has 0 spiro atoms. The number of aryl methyl sites for hydroxylation is 1. The van der Waals surface area contributed by atoms with E-state index in [1.807, 2.05) is 43.6 Å². The molecule has 2 heterocycles. The summed E-state index contributed by atoms with van der Waals surface area (Å²) in [4.78, 5) is 10.5. The van der Waals surface area contributed by atoms with Crippen LogP contribution in [0, 0.1) is 6.92 Å². The smallest absolute Gasteiger partial charge is 0.125 e. The molecule has 2 aromatic rings. The third-order valence-corrected chi connectivity index (χ3v) is 3.84. The molecular weight excluding hydrogens is 274 g/mol. The van der Waals surface area contributed by atoms with Crippen molar-refractivity contribution in [3.63, 3.8) is 0 Å². The number of aromatic nitrogens is 2. The predicted molar refractivity (Wildman–Crippen MR) is 77.4 cm³/mol. The number of hydrogen-bond donors (Lipinski definition) is 1. The third-order valence-electron chi connectivity index (χ3n) is 3.59. The molecule has 20 heavy (non-hydrogen) atoms. The standard InChI is InChI=1S/C15H16ClN3O/c1-11-17-6-12(7-18-11)8-19-9-15(20,10-19)13-2-4-14(16)5-3-13/h2-7,20H,8-10H2,1H3. The summed E-state index contributed by atoms with van der Waals surface area (Å²) < 4.78 is 0. The quantitative estimate of drug-likeness (QED) is 0.940. The Morgan fingerprint density at radius 2 is 1.80 bits per heavy atom. The SMILES string of the molecule is Cc1ncc(CN2CC(O)(c3ccc(Cl)cc3)C2)cn1. The zero-order chi connectivity index (χ0) is 14.2. The van der Waals surface area contributed by atoms with Gasteiger partial charge in [0.2, 0.25) is 0 Å². The van der Waals surface area contributed by atoms with Gasteiger partial charge in [-0.1, -0.05) is 23.7 Å². The van der Waals surface area contributed by atoms with E-state index >= 15 is 0 Å². The van der Waals surface area contributed by atoms with Gasteiger partial charge in [-0.2, -0.15) is 0 Å². The van der Waals surface area contributed by atoms with Gasteiger partial charge in [-0.05, 0) is 24.6 Å². The van der Waals surface area contributed by atoms with Gasteiger partial charge in [0.1, 0.15) is 11.4 Å². The maximum absolute atomic E-state index is 10.5. The minimum absolute atomic E-state index is 0.614. The highest BCUT2D eigenvalue weighted by Crippen LogP contribution is 2.33. The van der Waals surface area contributed by atoms with Crippen molar-refractivity contribution < 1.29 is 5.11 Å². The molecule has 1 fully saturated rings. The van der Waals surface area contributed by atoms with Crippen molar-refractivity contribution in [1.82, 2.24) is 14.9 Å². The van der Waals surface area contributed by atoms with E-state index in [2.05, 4.69) is 14.9 Å². The average molecular weight is 290 g/mol. The van der Waals surface area contributed by atoms with E-state index in [4.69, 9.17) is 11.6 Å². The first-order valence-electron chi connectivity index (χ1n) is 6.53. The average Bonchev–Trinajstić information content (AvgIpc) is 2.40. The molecule has 0 aliphatic carbocycles. The molecule has 0 atom stereocenters. The summed E-state index contributed by atoms with van der Waals surface area (Å²) in [5.74, 6) is 0.773. The van der Waals surface area contributed by atoms with Gasteiger partial charge in [0.05, 0.1) is 0 Å². The van der Waals surface area contributed by atoms with Gasteiger partial charge in [-0.3, -0.25) is 4.90 Å². The van der Waals surface area contributed by atoms with Crippen LogP contribution in [0.5, 0.6) is 0 Å². The van der Waals surface area contributed by atoms with Crippen LogP contribution >= 0.6 is 11.6 Å². The van der Waals surface area contributed by atoms with Crippen molar-refractivity contribution in [2.24, 2.45) is 0 Å². The summed E-state index contributed by atoms with van der Waals surface area (Å²) in [5, 5.41) is 11.2. The van der Waals surface area contributed by atoms with Crippen molar-refractivity contribution in [1.29, 1.82) is 0 Å². The predicted octanol–water partition coefficient (Wildman–Crippen LogP) is 2.14. The Kier molecular flexibility index (Phi) is 3.46. The second-order valence-corrected chi connectivity index (χ2v) is 5.76. The Morgan fingerprint density at radius 3 is 2.40 bits per heavy atom. The minimum Gasteiger partial charge on any atom is -0.382 e. The number of benzene rings is 1. The highest BCUT2D eigenvalue weighted by Gasteiger charge is 2.42. The Hall–Kier alpha value is -1.49. The Morgan fingerprint density at radius 1 is 1.20 bits per heavy atom. The lowest BCUT2D eigenvalue weighted by Gasteiger charge is -2.46. The lowest BCUT2D eigenvalue weighted by molar-refractivity contribution is -0.108. The van der Waals surface area contributed by atoms with Crippen molar-refractivity contribution in [2.45, 2.75) is 19.1 Å². The number of likely N-dealkylation sites (tertiary alicyclic amines) is 1. The van der Waals surface area contributed by atoms with E-state index in [0.29, 0.717) is 18.1 Å². The van der Waals surface area contributed by atoms with E-state index in [0.717, 1.165) is 23.5 Å². The van der Waals surface area contributed by atoms with Crippen molar-refractivity contribution >= 4 is 11.6 Å². The van der Waals surface area contributed by atoms with Crippen LogP contribution in [-0.4, -0.2) is 33.1 Å². The van der Waals surface area contributed by atoms with Crippen LogP contribution in [0.25, 0.3) is 0 Å². The molecule has 1 aromatic carbocycles. The minimum atomic E-state index is -0.768. The van der Waals surface area contributed by atoms with Crippen LogP contribution in [0.1, 0.15) is 17.0 Å².